The molecule has 0 saturated carbocycles. The molecule has 6 nitrogen and oxygen atoms in total. The molecule has 0 fully saturated rings. The van der Waals surface area contributed by atoms with E-state index in [4.69, 9.17) is 10.2 Å². The maximum absolute atomic E-state index is 12.2. The first-order valence-corrected chi connectivity index (χ1v) is 5.55. The fraction of sp³-hybridized carbons (Fsp3) is 0.273. The van der Waals surface area contributed by atoms with Crippen LogP contribution in [0.5, 0.6) is 0 Å². The highest BCUT2D eigenvalue weighted by molar-refractivity contribution is 5.96. The second-order valence-corrected chi connectivity index (χ2v) is 4.01. The molecular formula is C11H11F3N4O2. The standard InChI is InChI=1S/C11H11F3N4O2/c12-11(13,14)6-18-5-8(15)9(17-18)10(19)16-4-7-2-1-3-20-7/h1-3,5H,4,6,15H2,(H,16,19). The van der Waals surface area contributed by atoms with E-state index in [0.29, 0.717) is 10.4 Å². The summed E-state index contributed by atoms with van der Waals surface area (Å²) in [6.45, 7) is -1.21. The molecule has 0 bridgehead atoms. The molecule has 3 N–H and O–H groups in total. The quantitative estimate of drug-likeness (QED) is 0.893. The van der Waals surface area contributed by atoms with Gasteiger partial charge in [0.1, 0.15) is 12.3 Å². The van der Waals surface area contributed by atoms with Gasteiger partial charge in [-0.25, -0.2) is 0 Å². The number of furan rings is 1. The van der Waals surface area contributed by atoms with E-state index in [1.807, 2.05) is 0 Å². The number of hydrogen-bond acceptors (Lipinski definition) is 4. The molecule has 0 unspecified atom stereocenters. The lowest BCUT2D eigenvalue weighted by Crippen LogP contribution is -2.24. The van der Waals surface area contributed by atoms with Crippen molar-refractivity contribution in [3.8, 4) is 0 Å². The smallest absolute Gasteiger partial charge is 0.408 e. The Morgan fingerprint density at radius 2 is 2.25 bits per heavy atom. The minimum atomic E-state index is -4.43. The second-order valence-electron chi connectivity index (χ2n) is 4.01. The van der Waals surface area contributed by atoms with Crippen LogP contribution in [0.4, 0.5) is 18.9 Å². The van der Waals surface area contributed by atoms with Crippen molar-refractivity contribution in [1.82, 2.24) is 15.1 Å². The third kappa shape index (κ3) is 3.53. The van der Waals surface area contributed by atoms with Crippen LogP contribution in [-0.4, -0.2) is 21.9 Å². The summed E-state index contributed by atoms with van der Waals surface area (Å²) in [6.07, 6.45) is -2.02. The van der Waals surface area contributed by atoms with E-state index in [2.05, 4.69) is 10.4 Å². The van der Waals surface area contributed by atoms with E-state index in [1.165, 1.54) is 6.26 Å². The molecule has 0 aromatic carbocycles. The molecule has 20 heavy (non-hydrogen) atoms. The SMILES string of the molecule is Nc1cn(CC(F)(F)F)nc1C(=O)NCc1ccco1. The highest BCUT2D eigenvalue weighted by Gasteiger charge is 2.29. The van der Waals surface area contributed by atoms with E-state index >= 15 is 0 Å². The van der Waals surface area contributed by atoms with Crippen LogP contribution in [0.15, 0.2) is 29.0 Å². The van der Waals surface area contributed by atoms with Gasteiger partial charge in [0.05, 0.1) is 18.5 Å². The van der Waals surface area contributed by atoms with Crippen molar-refractivity contribution >= 4 is 11.6 Å². The number of halogens is 3. The molecule has 1 amide bonds. The van der Waals surface area contributed by atoms with Crippen LogP contribution in [0, 0.1) is 0 Å². The Morgan fingerprint density at radius 1 is 1.50 bits per heavy atom. The Bertz CT molecular complexity index is 589. The maximum Gasteiger partial charge on any atom is 0.408 e. The predicted octanol–water partition coefficient (Wildman–Crippen LogP) is 1.55. The summed E-state index contributed by atoms with van der Waals surface area (Å²) in [7, 11) is 0. The molecule has 2 heterocycles. The molecule has 9 heteroatoms. The van der Waals surface area contributed by atoms with Crippen molar-refractivity contribution < 1.29 is 22.4 Å². The largest absolute Gasteiger partial charge is 0.467 e. The normalized spacial score (nSPS) is 11.6. The number of alkyl halides is 3. The van der Waals surface area contributed by atoms with Crippen LogP contribution < -0.4 is 11.1 Å². The molecule has 2 rings (SSSR count). The van der Waals surface area contributed by atoms with E-state index < -0.39 is 18.6 Å². The van der Waals surface area contributed by atoms with Crippen LogP contribution in [0.2, 0.25) is 0 Å². The average Bonchev–Trinajstić information content (AvgIpc) is 2.93. The van der Waals surface area contributed by atoms with Gasteiger partial charge in [0.25, 0.3) is 5.91 Å². The third-order valence-corrected chi connectivity index (χ3v) is 2.35. The Balaban J connectivity index is 2.02. The zero-order valence-corrected chi connectivity index (χ0v) is 10.1. The molecule has 0 aliphatic carbocycles. The second kappa shape index (κ2) is 5.27. The first kappa shape index (κ1) is 14.0. The van der Waals surface area contributed by atoms with Gasteiger partial charge in [-0.05, 0) is 12.1 Å². The number of aromatic nitrogens is 2. The fourth-order valence-corrected chi connectivity index (χ4v) is 1.54. The van der Waals surface area contributed by atoms with Crippen molar-refractivity contribution in [2.24, 2.45) is 0 Å². The molecule has 0 radical (unpaired) electrons. The minimum absolute atomic E-state index is 0.0946. The van der Waals surface area contributed by atoms with Gasteiger partial charge >= 0.3 is 6.18 Å². The summed E-state index contributed by atoms with van der Waals surface area (Å²) in [6, 6.07) is 3.29. The third-order valence-electron chi connectivity index (χ3n) is 2.35. The lowest BCUT2D eigenvalue weighted by atomic mass is 10.3. The number of rotatable bonds is 4. The van der Waals surface area contributed by atoms with Crippen molar-refractivity contribution in [2.45, 2.75) is 19.3 Å². The molecule has 108 valence electrons. The number of carbonyl (C=O) groups is 1. The highest BCUT2D eigenvalue weighted by Crippen LogP contribution is 2.19. The number of nitrogen functional groups attached to an aromatic ring is 1. The van der Waals surface area contributed by atoms with Crippen molar-refractivity contribution in [2.75, 3.05) is 5.73 Å². The lowest BCUT2D eigenvalue weighted by Gasteiger charge is -2.05. The Labute approximate surface area is 111 Å². The summed E-state index contributed by atoms with van der Waals surface area (Å²) in [5, 5.41) is 5.97. The molecule has 2 aromatic rings. The van der Waals surface area contributed by atoms with Crippen LogP contribution in [0.3, 0.4) is 0 Å². The molecule has 0 aliphatic rings. The van der Waals surface area contributed by atoms with Gasteiger partial charge in [-0.15, -0.1) is 0 Å². The first-order chi connectivity index (χ1) is 9.35. The summed E-state index contributed by atoms with van der Waals surface area (Å²) in [4.78, 5) is 11.7. The van der Waals surface area contributed by atoms with Crippen molar-refractivity contribution in [3.05, 3.63) is 36.0 Å². The van der Waals surface area contributed by atoms with Gasteiger partial charge in [0, 0.05) is 6.20 Å². The van der Waals surface area contributed by atoms with Gasteiger partial charge in [-0.3, -0.25) is 9.48 Å². The van der Waals surface area contributed by atoms with E-state index in [1.54, 1.807) is 12.1 Å². The van der Waals surface area contributed by atoms with Crippen molar-refractivity contribution in [1.29, 1.82) is 0 Å². The fourth-order valence-electron chi connectivity index (χ4n) is 1.54. The summed E-state index contributed by atoms with van der Waals surface area (Å²) in [5.41, 5.74) is 5.11. The van der Waals surface area contributed by atoms with Crippen molar-refractivity contribution in [3.63, 3.8) is 0 Å². The highest BCUT2D eigenvalue weighted by atomic mass is 19.4. The molecule has 0 spiro atoms. The van der Waals surface area contributed by atoms with E-state index in [0.717, 1.165) is 6.20 Å². The van der Waals surface area contributed by atoms with E-state index in [9.17, 15) is 18.0 Å². The molecule has 2 aromatic heterocycles. The number of nitrogens with one attached hydrogen (secondary N) is 1. The predicted molar refractivity (Wildman–Crippen MR) is 62.6 cm³/mol. The van der Waals surface area contributed by atoms with Crippen LogP contribution in [-0.2, 0) is 13.1 Å². The average molecular weight is 288 g/mol. The van der Waals surface area contributed by atoms with Crippen LogP contribution >= 0.6 is 0 Å². The zero-order chi connectivity index (χ0) is 14.8. The number of anilines is 1. The number of hydrogen-bond donors (Lipinski definition) is 2. The van der Waals surface area contributed by atoms with E-state index in [-0.39, 0.29) is 17.9 Å². The van der Waals surface area contributed by atoms with Gasteiger partial charge in [0.2, 0.25) is 0 Å². The van der Waals surface area contributed by atoms with Gasteiger partial charge in [-0.2, -0.15) is 18.3 Å². The zero-order valence-electron chi connectivity index (χ0n) is 10.1. The summed E-state index contributed by atoms with van der Waals surface area (Å²) >= 11 is 0. The Hall–Kier alpha value is -2.45. The minimum Gasteiger partial charge on any atom is -0.467 e. The number of carbonyl (C=O) groups excluding carboxylic acids is 1. The number of nitrogens with two attached hydrogens (primary N) is 1. The van der Waals surface area contributed by atoms with Gasteiger partial charge in [-0.1, -0.05) is 0 Å². The molecular weight excluding hydrogens is 277 g/mol. The topological polar surface area (TPSA) is 86.1 Å². The summed E-state index contributed by atoms with van der Waals surface area (Å²) in [5.74, 6) is -0.161. The first-order valence-electron chi connectivity index (χ1n) is 5.55. The molecule has 0 atom stereocenters. The number of nitrogens with zero attached hydrogens (tertiary/aromatic N) is 2. The Morgan fingerprint density at radius 3 is 2.85 bits per heavy atom. The molecule has 0 saturated heterocycles. The monoisotopic (exact) mass is 288 g/mol. The lowest BCUT2D eigenvalue weighted by molar-refractivity contribution is -0.142. The molecule has 0 aliphatic heterocycles. The summed E-state index contributed by atoms with van der Waals surface area (Å²) < 4.78 is 42.2. The maximum atomic E-state index is 12.2. The Kier molecular flexibility index (Phi) is 3.68. The van der Waals surface area contributed by atoms with Gasteiger partial charge < -0.3 is 15.5 Å². The van der Waals surface area contributed by atoms with Crippen LogP contribution in [0.25, 0.3) is 0 Å². The van der Waals surface area contributed by atoms with Crippen LogP contribution in [0.1, 0.15) is 16.2 Å². The number of amides is 1. The van der Waals surface area contributed by atoms with Gasteiger partial charge in [0.15, 0.2) is 5.69 Å².